The lowest BCUT2D eigenvalue weighted by Crippen LogP contribution is -2.46. The summed E-state index contributed by atoms with van der Waals surface area (Å²) in [6, 6.07) is 9.27. The molecule has 1 aliphatic heterocycles. The Kier molecular flexibility index (Phi) is 4.90. The van der Waals surface area contributed by atoms with Gasteiger partial charge in [-0.05, 0) is 23.8 Å². The number of carboxylic acid groups (broad SMARTS) is 1. The minimum absolute atomic E-state index is 0.0907. The van der Waals surface area contributed by atoms with Gasteiger partial charge in [0.25, 0.3) is 5.91 Å². The fraction of sp³-hybridized carbons (Fsp3) is 0.353. The molecule has 1 aliphatic rings. The molecule has 1 aromatic heterocycles. The summed E-state index contributed by atoms with van der Waals surface area (Å²) in [6.07, 6.45) is 3.07. The molecule has 0 spiro atoms. The number of nitrogens with zero attached hydrogens (tertiary/aromatic N) is 3. The van der Waals surface area contributed by atoms with Crippen molar-refractivity contribution in [1.82, 2.24) is 14.7 Å². The first-order valence-electron chi connectivity index (χ1n) is 7.81. The molecule has 1 saturated heterocycles. The minimum atomic E-state index is -0.919. The Hall–Kier alpha value is -2.67. The predicted molar refractivity (Wildman–Crippen MR) is 85.7 cm³/mol. The molecule has 0 bridgehead atoms. The van der Waals surface area contributed by atoms with Crippen molar-refractivity contribution in [1.29, 1.82) is 0 Å². The van der Waals surface area contributed by atoms with E-state index in [9.17, 15) is 9.59 Å². The molecular weight excluding hydrogens is 310 g/mol. The van der Waals surface area contributed by atoms with E-state index in [2.05, 4.69) is 5.10 Å². The summed E-state index contributed by atoms with van der Waals surface area (Å²) in [6.45, 7) is 1.80. The molecule has 0 saturated carbocycles. The maximum Gasteiger partial charge on any atom is 0.306 e. The van der Waals surface area contributed by atoms with Gasteiger partial charge < -0.3 is 14.7 Å². The van der Waals surface area contributed by atoms with Crippen molar-refractivity contribution < 1.29 is 19.4 Å². The van der Waals surface area contributed by atoms with Gasteiger partial charge in [0.1, 0.15) is 0 Å². The Morgan fingerprint density at radius 2 is 2.08 bits per heavy atom. The maximum atomic E-state index is 12.6. The molecule has 1 aromatic carbocycles. The number of aliphatic carboxylic acids is 1. The van der Waals surface area contributed by atoms with Crippen molar-refractivity contribution in [2.45, 2.75) is 19.1 Å². The number of amides is 1. The summed E-state index contributed by atoms with van der Waals surface area (Å²) in [5.41, 5.74) is 1.65. The Balaban J connectivity index is 1.63. The van der Waals surface area contributed by atoms with E-state index in [0.29, 0.717) is 31.8 Å². The monoisotopic (exact) mass is 329 g/mol. The van der Waals surface area contributed by atoms with Crippen LogP contribution in [0.3, 0.4) is 0 Å². The Labute approximate surface area is 139 Å². The summed E-state index contributed by atoms with van der Waals surface area (Å²) in [5, 5.41) is 13.0. The molecule has 1 fully saturated rings. The van der Waals surface area contributed by atoms with Crippen LogP contribution in [0.2, 0.25) is 0 Å². The number of aromatic nitrogens is 2. The van der Waals surface area contributed by atoms with Crippen molar-refractivity contribution in [2.75, 3.05) is 19.7 Å². The van der Waals surface area contributed by atoms with Crippen LogP contribution in [0.15, 0.2) is 42.7 Å². The van der Waals surface area contributed by atoms with Crippen molar-refractivity contribution in [3.05, 3.63) is 53.9 Å². The second kappa shape index (κ2) is 7.27. The van der Waals surface area contributed by atoms with Gasteiger partial charge in [-0.25, -0.2) is 0 Å². The number of carbonyl (C=O) groups is 2. The zero-order valence-corrected chi connectivity index (χ0v) is 13.2. The third-order valence-corrected chi connectivity index (χ3v) is 3.93. The van der Waals surface area contributed by atoms with E-state index < -0.39 is 12.1 Å². The fourth-order valence-corrected chi connectivity index (χ4v) is 2.74. The molecule has 24 heavy (non-hydrogen) atoms. The molecule has 1 amide bonds. The largest absolute Gasteiger partial charge is 0.481 e. The molecule has 0 radical (unpaired) electrons. The average Bonchev–Trinajstić information content (AvgIpc) is 3.07. The first kappa shape index (κ1) is 16.2. The Bertz CT molecular complexity index is 697. The van der Waals surface area contributed by atoms with Gasteiger partial charge in [0.15, 0.2) is 0 Å². The molecular formula is C17H19N3O4. The van der Waals surface area contributed by atoms with Gasteiger partial charge in [0, 0.05) is 31.0 Å². The number of hydrogen-bond donors (Lipinski definition) is 1. The van der Waals surface area contributed by atoms with E-state index in [-0.39, 0.29) is 12.3 Å². The fourth-order valence-electron chi connectivity index (χ4n) is 2.74. The van der Waals surface area contributed by atoms with Crippen LogP contribution in [0.5, 0.6) is 0 Å². The zero-order chi connectivity index (χ0) is 16.9. The van der Waals surface area contributed by atoms with Gasteiger partial charge in [-0.2, -0.15) is 5.10 Å². The second-order valence-electron chi connectivity index (χ2n) is 5.74. The lowest BCUT2D eigenvalue weighted by atomic mass is 10.1. The van der Waals surface area contributed by atoms with E-state index in [0.717, 1.165) is 5.56 Å². The van der Waals surface area contributed by atoms with Gasteiger partial charge >= 0.3 is 5.97 Å². The summed E-state index contributed by atoms with van der Waals surface area (Å²) < 4.78 is 7.21. The quantitative estimate of drug-likeness (QED) is 0.892. The van der Waals surface area contributed by atoms with Gasteiger partial charge in [-0.3, -0.25) is 14.3 Å². The standard InChI is InChI=1S/C17H19N3O4/c21-16(22)10-15-12-19(8-9-24-15)17(23)14-4-2-13(3-5-14)11-20-7-1-6-18-20/h1-7,15H,8-12H2,(H,21,22). The van der Waals surface area contributed by atoms with Gasteiger partial charge in [0.2, 0.25) is 0 Å². The number of benzene rings is 1. The number of morpholine rings is 1. The van der Waals surface area contributed by atoms with E-state index in [1.165, 1.54) is 0 Å². The number of ether oxygens (including phenoxy) is 1. The average molecular weight is 329 g/mol. The minimum Gasteiger partial charge on any atom is -0.481 e. The highest BCUT2D eigenvalue weighted by Gasteiger charge is 2.26. The number of carbonyl (C=O) groups excluding carboxylic acids is 1. The summed E-state index contributed by atoms with van der Waals surface area (Å²) in [4.78, 5) is 25.0. The van der Waals surface area contributed by atoms with Gasteiger partial charge in [0.05, 0.1) is 25.7 Å². The third-order valence-electron chi connectivity index (χ3n) is 3.93. The lowest BCUT2D eigenvalue weighted by Gasteiger charge is -2.32. The smallest absolute Gasteiger partial charge is 0.306 e. The first-order valence-corrected chi connectivity index (χ1v) is 7.81. The summed E-state index contributed by atoms with van der Waals surface area (Å²) in [7, 11) is 0. The number of hydrogen-bond acceptors (Lipinski definition) is 4. The lowest BCUT2D eigenvalue weighted by molar-refractivity contribution is -0.141. The van der Waals surface area contributed by atoms with Crippen molar-refractivity contribution >= 4 is 11.9 Å². The van der Waals surface area contributed by atoms with Crippen LogP contribution in [-0.4, -0.2) is 57.5 Å². The van der Waals surface area contributed by atoms with Crippen molar-refractivity contribution in [3.63, 3.8) is 0 Å². The molecule has 1 atom stereocenters. The third kappa shape index (κ3) is 3.99. The van der Waals surface area contributed by atoms with Crippen molar-refractivity contribution in [2.24, 2.45) is 0 Å². The molecule has 2 aromatic rings. The molecule has 7 nitrogen and oxygen atoms in total. The molecule has 0 aliphatic carbocycles. The molecule has 3 rings (SSSR count). The first-order chi connectivity index (χ1) is 11.6. The van der Waals surface area contributed by atoms with Crippen LogP contribution in [0.25, 0.3) is 0 Å². The predicted octanol–water partition coefficient (Wildman–Crippen LogP) is 1.25. The van der Waals surface area contributed by atoms with Gasteiger partial charge in [-0.15, -0.1) is 0 Å². The van der Waals surface area contributed by atoms with E-state index >= 15 is 0 Å². The number of carboxylic acids is 1. The molecule has 7 heteroatoms. The topological polar surface area (TPSA) is 84.7 Å². The summed E-state index contributed by atoms with van der Waals surface area (Å²) >= 11 is 0. The molecule has 2 heterocycles. The highest BCUT2D eigenvalue weighted by molar-refractivity contribution is 5.94. The Morgan fingerprint density at radius 1 is 1.29 bits per heavy atom. The van der Waals surface area contributed by atoms with Crippen LogP contribution in [0.1, 0.15) is 22.3 Å². The van der Waals surface area contributed by atoms with Gasteiger partial charge in [-0.1, -0.05) is 12.1 Å². The molecule has 126 valence electrons. The summed E-state index contributed by atoms with van der Waals surface area (Å²) in [5.74, 6) is -1.02. The van der Waals surface area contributed by atoms with Crippen LogP contribution in [-0.2, 0) is 16.1 Å². The zero-order valence-electron chi connectivity index (χ0n) is 13.2. The Morgan fingerprint density at radius 3 is 2.75 bits per heavy atom. The highest BCUT2D eigenvalue weighted by Crippen LogP contribution is 2.14. The van der Waals surface area contributed by atoms with Crippen molar-refractivity contribution in [3.8, 4) is 0 Å². The van der Waals surface area contributed by atoms with Crippen LogP contribution >= 0.6 is 0 Å². The number of rotatable bonds is 5. The normalized spacial score (nSPS) is 17.7. The highest BCUT2D eigenvalue weighted by atomic mass is 16.5. The molecule has 1 N–H and O–H groups in total. The van der Waals surface area contributed by atoms with Crippen LogP contribution in [0.4, 0.5) is 0 Å². The van der Waals surface area contributed by atoms with Crippen LogP contribution < -0.4 is 0 Å². The van der Waals surface area contributed by atoms with E-state index in [4.69, 9.17) is 9.84 Å². The second-order valence-corrected chi connectivity index (χ2v) is 5.74. The maximum absolute atomic E-state index is 12.6. The van der Waals surface area contributed by atoms with E-state index in [1.54, 1.807) is 23.2 Å². The molecule has 1 unspecified atom stereocenters. The SMILES string of the molecule is O=C(O)CC1CN(C(=O)c2ccc(Cn3cccn3)cc2)CCO1. The van der Waals surface area contributed by atoms with E-state index in [1.807, 2.05) is 29.1 Å². The van der Waals surface area contributed by atoms with Crippen LogP contribution in [0, 0.1) is 0 Å².